The first-order chi connectivity index (χ1) is 10.7. The monoisotopic (exact) mass is 320 g/mol. The molecule has 0 bridgehead atoms. The molecule has 0 spiro atoms. The number of amides is 1. The fourth-order valence-corrected chi connectivity index (χ4v) is 3.30. The maximum absolute atomic E-state index is 13.0. The summed E-state index contributed by atoms with van der Waals surface area (Å²) in [6.45, 7) is 1.74. The van der Waals surface area contributed by atoms with Gasteiger partial charge < -0.3 is 10.1 Å². The summed E-state index contributed by atoms with van der Waals surface area (Å²) < 4.78 is 18.4. The molecular formula is C16H17FN2O2S. The standard InChI is InChI=1S/C16H17FN2O2S/c17-12-3-1-11(2-4-12)15-14(7-10-22-15)19-16(20)21-13-5-8-18-9-6-13/h1-4,7,10,13,18H,5-6,8-9H2,(H,19,20). The summed E-state index contributed by atoms with van der Waals surface area (Å²) in [7, 11) is 0. The van der Waals surface area contributed by atoms with E-state index in [1.54, 1.807) is 12.1 Å². The summed E-state index contributed by atoms with van der Waals surface area (Å²) in [5, 5.41) is 7.90. The average molecular weight is 320 g/mol. The number of hydrogen-bond acceptors (Lipinski definition) is 4. The van der Waals surface area contributed by atoms with Crippen LogP contribution in [0, 0.1) is 5.82 Å². The van der Waals surface area contributed by atoms with Gasteiger partial charge in [-0.05, 0) is 55.1 Å². The van der Waals surface area contributed by atoms with Gasteiger partial charge in [0.2, 0.25) is 0 Å². The van der Waals surface area contributed by atoms with Gasteiger partial charge in [0.25, 0.3) is 0 Å². The highest BCUT2D eigenvalue weighted by Crippen LogP contribution is 2.33. The van der Waals surface area contributed by atoms with Gasteiger partial charge in [-0.15, -0.1) is 11.3 Å². The van der Waals surface area contributed by atoms with Crippen LogP contribution in [0.3, 0.4) is 0 Å². The molecule has 2 heterocycles. The number of benzene rings is 1. The van der Waals surface area contributed by atoms with Gasteiger partial charge in [-0.1, -0.05) is 12.1 Å². The summed E-state index contributed by atoms with van der Waals surface area (Å²) in [6, 6.07) is 8.04. The van der Waals surface area contributed by atoms with Crippen molar-refractivity contribution in [3.05, 3.63) is 41.5 Å². The van der Waals surface area contributed by atoms with Crippen molar-refractivity contribution in [2.75, 3.05) is 18.4 Å². The number of anilines is 1. The lowest BCUT2D eigenvalue weighted by Gasteiger charge is -2.22. The Kier molecular flexibility index (Phi) is 4.70. The van der Waals surface area contributed by atoms with Crippen molar-refractivity contribution in [3.8, 4) is 10.4 Å². The van der Waals surface area contributed by atoms with Gasteiger partial charge in [-0.25, -0.2) is 9.18 Å². The second-order valence-electron chi connectivity index (χ2n) is 5.15. The highest BCUT2D eigenvalue weighted by atomic mass is 32.1. The lowest BCUT2D eigenvalue weighted by atomic mass is 10.1. The number of thiophene rings is 1. The fraction of sp³-hybridized carbons (Fsp3) is 0.312. The lowest BCUT2D eigenvalue weighted by molar-refractivity contribution is 0.0909. The van der Waals surface area contributed by atoms with Crippen LogP contribution in [0.1, 0.15) is 12.8 Å². The summed E-state index contributed by atoms with van der Waals surface area (Å²) >= 11 is 1.49. The Bertz CT molecular complexity index is 636. The summed E-state index contributed by atoms with van der Waals surface area (Å²) in [4.78, 5) is 12.9. The number of rotatable bonds is 3. The van der Waals surface area contributed by atoms with Crippen molar-refractivity contribution in [1.82, 2.24) is 5.32 Å². The van der Waals surface area contributed by atoms with Crippen LogP contribution in [0.15, 0.2) is 35.7 Å². The Labute approximate surface area is 132 Å². The van der Waals surface area contributed by atoms with Gasteiger partial charge >= 0.3 is 6.09 Å². The Morgan fingerprint density at radius 2 is 1.95 bits per heavy atom. The first kappa shape index (κ1) is 15.0. The van der Waals surface area contributed by atoms with Crippen LogP contribution in [-0.4, -0.2) is 25.3 Å². The minimum absolute atomic E-state index is 0.0332. The third kappa shape index (κ3) is 3.64. The minimum Gasteiger partial charge on any atom is -0.446 e. The van der Waals surface area contributed by atoms with Crippen molar-refractivity contribution in [1.29, 1.82) is 0 Å². The molecule has 1 aliphatic heterocycles. The number of carbonyl (C=O) groups excluding carboxylic acids is 1. The number of hydrogen-bond donors (Lipinski definition) is 2. The zero-order chi connectivity index (χ0) is 15.4. The predicted octanol–water partition coefficient (Wildman–Crippen LogP) is 3.85. The smallest absolute Gasteiger partial charge is 0.411 e. The SMILES string of the molecule is O=C(Nc1ccsc1-c1ccc(F)cc1)OC1CCNCC1. The van der Waals surface area contributed by atoms with Crippen molar-refractivity contribution in [3.63, 3.8) is 0 Å². The van der Waals surface area contributed by atoms with E-state index in [4.69, 9.17) is 4.74 Å². The molecule has 0 saturated carbocycles. The van der Waals surface area contributed by atoms with E-state index in [1.165, 1.54) is 23.5 Å². The third-order valence-corrected chi connectivity index (χ3v) is 4.53. The molecule has 4 nitrogen and oxygen atoms in total. The lowest BCUT2D eigenvalue weighted by Crippen LogP contribution is -2.34. The van der Waals surface area contributed by atoms with E-state index in [1.807, 2.05) is 11.4 Å². The summed E-state index contributed by atoms with van der Waals surface area (Å²) in [6.07, 6.45) is 1.20. The van der Waals surface area contributed by atoms with Gasteiger partial charge in [0, 0.05) is 0 Å². The molecule has 2 N–H and O–H groups in total. The molecule has 116 valence electrons. The topological polar surface area (TPSA) is 50.4 Å². The number of nitrogens with one attached hydrogen (secondary N) is 2. The maximum Gasteiger partial charge on any atom is 0.411 e. The third-order valence-electron chi connectivity index (χ3n) is 3.57. The molecule has 1 saturated heterocycles. The van der Waals surface area contributed by atoms with Crippen LogP contribution in [0.2, 0.25) is 0 Å². The molecule has 1 fully saturated rings. The number of halogens is 1. The molecule has 0 unspecified atom stereocenters. The summed E-state index contributed by atoms with van der Waals surface area (Å²) in [5.74, 6) is -0.278. The van der Waals surface area contributed by atoms with Gasteiger partial charge in [0.15, 0.2) is 0 Å². The molecule has 0 aliphatic carbocycles. The Morgan fingerprint density at radius 3 is 2.68 bits per heavy atom. The van der Waals surface area contributed by atoms with Gasteiger partial charge in [0.1, 0.15) is 11.9 Å². The normalized spacial score (nSPS) is 15.5. The Hall–Kier alpha value is -1.92. The van der Waals surface area contributed by atoms with Crippen LogP contribution < -0.4 is 10.6 Å². The maximum atomic E-state index is 13.0. The Morgan fingerprint density at radius 1 is 1.23 bits per heavy atom. The van der Waals surface area contributed by atoms with Crippen LogP contribution in [-0.2, 0) is 4.74 Å². The number of carbonyl (C=O) groups is 1. The van der Waals surface area contributed by atoms with Crippen molar-refractivity contribution in [2.45, 2.75) is 18.9 Å². The minimum atomic E-state index is -0.436. The van der Waals surface area contributed by atoms with Crippen LogP contribution in [0.5, 0.6) is 0 Å². The molecule has 0 atom stereocenters. The van der Waals surface area contributed by atoms with Crippen LogP contribution in [0.4, 0.5) is 14.9 Å². The molecule has 0 radical (unpaired) electrons. The van der Waals surface area contributed by atoms with E-state index in [0.717, 1.165) is 36.4 Å². The second kappa shape index (κ2) is 6.89. The molecule has 1 amide bonds. The predicted molar refractivity (Wildman–Crippen MR) is 85.7 cm³/mol. The highest BCUT2D eigenvalue weighted by molar-refractivity contribution is 7.14. The van der Waals surface area contributed by atoms with E-state index in [2.05, 4.69) is 10.6 Å². The molecule has 22 heavy (non-hydrogen) atoms. The first-order valence-electron chi connectivity index (χ1n) is 7.24. The van der Waals surface area contributed by atoms with E-state index in [-0.39, 0.29) is 11.9 Å². The number of piperidine rings is 1. The first-order valence-corrected chi connectivity index (χ1v) is 8.12. The van der Waals surface area contributed by atoms with E-state index < -0.39 is 6.09 Å². The van der Waals surface area contributed by atoms with E-state index in [0.29, 0.717) is 5.69 Å². The number of ether oxygens (including phenoxy) is 1. The largest absolute Gasteiger partial charge is 0.446 e. The molecule has 1 aromatic carbocycles. The molecular weight excluding hydrogens is 303 g/mol. The van der Waals surface area contributed by atoms with E-state index in [9.17, 15) is 9.18 Å². The van der Waals surface area contributed by atoms with Gasteiger partial charge in [0.05, 0.1) is 10.6 Å². The zero-order valence-electron chi connectivity index (χ0n) is 12.0. The summed E-state index contributed by atoms with van der Waals surface area (Å²) in [5.41, 5.74) is 1.56. The van der Waals surface area contributed by atoms with Crippen molar-refractivity contribution in [2.24, 2.45) is 0 Å². The van der Waals surface area contributed by atoms with Gasteiger partial charge in [-0.2, -0.15) is 0 Å². The van der Waals surface area contributed by atoms with Gasteiger partial charge in [-0.3, -0.25) is 5.32 Å². The molecule has 1 aliphatic rings. The molecule has 2 aromatic rings. The van der Waals surface area contributed by atoms with Crippen LogP contribution >= 0.6 is 11.3 Å². The molecule has 3 rings (SSSR count). The zero-order valence-corrected chi connectivity index (χ0v) is 12.8. The van der Waals surface area contributed by atoms with Crippen molar-refractivity contribution < 1.29 is 13.9 Å². The average Bonchev–Trinajstić information content (AvgIpc) is 2.97. The molecule has 6 heteroatoms. The second-order valence-corrected chi connectivity index (χ2v) is 6.07. The molecule has 1 aromatic heterocycles. The fourth-order valence-electron chi connectivity index (χ4n) is 2.44. The van der Waals surface area contributed by atoms with Crippen molar-refractivity contribution >= 4 is 23.1 Å². The van der Waals surface area contributed by atoms with Crippen LogP contribution in [0.25, 0.3) is 10.4 Å². The quantitative estimate of drug-likeness (QED) is 0.903. The van der Waals surface area contributed by atoms with E-state index >= 15 is 0 Å². The Balaban J connectivity index is 1.66. The highest BCUT2D eigenvalue weighted by Gasteiger charge is 2.18.